The fraction of sp³-hybridized carbons (Fsp3) is 0.421. The number of rotatable bonds is 1. The summed E-state index contributed by atoms with van der Waals surface area (Å²) in [4.78, 5) is 16.1. The van der Waals surface area contributed by atoms with E-state index in [4.69, 9.17) is 0 Å². The standard InChI is InChI=1S/C19H21NO/c21-19-14(12-13-6-2-1-3-7-13)10-11-16-15-8-4-5-9-17(15)20-18(16)19/h4-5,8-9,12-13,20H,1-3,6-7,10-11H2. The lowest BCUT2D eigenvalue weighted by atomic mass is 9.83. The van der Waals surface area contributed by atoms with Crippen molar-refractivity contribution in [2.24, 2.45) is 5.92 Å². The van der Waals surface area contributed by atoms with E-state index in [2.05, 4.69) is 23.2 Å². The van der Waals surface area contributed by atoms with Crippen LogP contribution >= 0.6 is 0 Å². The van der Waals surface area contributed by atoms with E-state index in [1.807, 2.05) is 12.1 Å². The van der Waals surface area contributed by atoms with E-state index >= 15 is 0 Å². The Morgan fingerprint density at radius 2 is 1.86 bits per heavy atom. The SMILES string of the molecule is O=C1C(=CC2CCCCC2)CCc2c1[nH]c1ccccc21. The predicted molar refractivity (Wildman–Crippen MR) is 85.6 cm³/mol. The number of hydrogen-bond donors (Lipinski definition) is 1. The van der Waals surface area contributed by atoms with Crippen molar-refractivity contribution in [2.75, 3.05) is 0 Å². The normalized spacial score (nSPS) is 21.9. The molecule has 0 unspecified atom stereocenters. The van der Waals surface area contributed by atoms with Crippen molar-refractivity contribution in [2.45, 2.75) is 44.9 Å². The molecule has 2 aliphatic rings. The van der Waals surface area contributed by atoms with Gasteiger partial charge >= 0.3 is 0 Å². The summed E-state index contributed by atoms with van der Waals surface area (Å²) in [5.41, 5.74) is 4.19. The number of aryl methyl sites for hydroxylation is 1. The highest BCUT2D eigenvalue weighted by Crippen LogP contribution is 2.33. The zero-order chi connectivity index (χ0) is 14.2. The Kier molecular flexibility index (Phi) is 3.17. The number of allylic oxidation sites excluding steroid dienone is 2. The lowest BCUT2D eigenvalue weighted by Crippen LogP contribution is -2.15. The maximum atomic E-state index is 12.8. The Labute approximate surface area is 125 Å². The highest BCUT2D eigenvalue weighted by molar-refractivity contribution is 6.12. The van der Waals surface area contributed by atoms with Gasteiger partial charge in [-0.05, 0) is 48.8 Å². The summed E-state index contributed by atoms with van der Waals surface area (Å²) in [6, 6.07) is 8.25. The molecule has 1 aromatic heterocycles. The average Bonchev–Trinajstić information content (AvgIpc) is 2.91. The molecule has 2 aromatic rings. The number of aromatic amines is 1. The van der Waals surface area contributed by atoms with Crippen molar-refractivity contribution in [3.8, 4) is 0 Å². The Bertz CT molecular complexity index is 716. The van der Waals surface area contributed by atoms with E-state index in [1.54, 1.807) is 0 Å². The minimum Gasteiger partial charge on any atom is -0.352 e. The first-order valence-electron chi connectivity index (χ1n) is 8.18. The third-order valence-corrected chi connectivity index (χ3v) is 5.06. The highest BCUT2D eigenvalue weighted by Gasteiger charge is 2.26. The molecule has 0 amide bonds. The number of Topliss-reactive ketones (excluding diaryl/α,β-unsaturated/α-hetero) is 1. The Morgan fingerprint density at radius 1 is 1.05 bits per heavy atom. The van der Waals surface area contributed by atoms with Gasteiger partial charge in [0.15, 0.2) is 0 Å². The lowest BCUT2D eigenvalue weighted by molar-refractivity contribution is 0.102. The monoisotopic (exact) mass is 279 g/mol. The zero-order valence-corrected chi connectivity index (χ0v) is 12.3. The van der Waals surface area contributed by atoms with Gasteiger partial charge in [-0.1, -0.05) is 43.5 Å². The minimum atomic E-state index is 0.234. The number of benzene rings is 1. The van der Waals surface area contributed by atoms with Crippen molar-refractivity contribution >= 4 is 16.7 Å². The molecule has 4 rings (SSSR count). The van der Waals surface area contributed by atoms with Crippen LogP contribution in [0.15, 0.2) is 35.9 Å². The van der Waals surface area contributed by atoms with Crippen LogP contribution in [0.25, 0.3) is 10.9 Å². The molecule has 0 aliphatic heterocycles. The van der Waals surface area contributed by atoms with Gasteiger partial charge in [-0.2, -0.15) is 0 Å². The predicted octanol–water partition coefficient (Wildman–Crippen LogP) is 4.80. The second-order valence-electron chi connectivity index (χ2n) is 6.44. The van der Waals surface area contributed by atoms with Crippen molar-refractivity contribution in [3.05, 3.63) is 47.2 Å². The van der Waals surface area contributed by atoms with E-state index in [1.165, 1.54) is 43.1 Å². The summed E-state index contributed by atoms with van der Waals surface area (Å²) in [5, 5.41) is 1.22. The summed E-state index contributed by atoms with van der Waals surface area (Å²) >= 11 is 0. The van der Waals surface area contributed by atoms with Crippen molar-refractivity contribution in [1.82, 2.24) is 4.98 Å². The molecule has 0 saturated heterocycles. The van der Waals surface area contributed by atoms with Crippen LogP contribution in [0.4, 0.5) is 0 Å². The molecule has 21 heavy (non-hydrogen) atoms. The van der Waals surface area contributed by atoms with Gasteiger partial charge in [0.1, 0.15) is 0 Å². The summed E-state index contributed by atoms with van der Waals surface area (Å²) in [7, 11) is 0. The van der Waals surface area contributed by atoms with E-state index in [0.29, 0.717) is 5.92 Å². The zero-order valence-electron chi connectivity index (χ0n) is 12.3. The molecule has 0 bridgehead atoms. The summed E-state index contributed by atoms with van der Waals surface area (Å²) in [5.74, 6) is 0.863. The molecule has 0 radical (unpaired) electrons. The van der Waals surface area contributed by atoms with Crippen molar-refractivity contribution < 1.29 is 4.79 Å². The average molecular weight is 279 g/mol. The second-order valence-corrected chi connectivity index (χ2v) is 6.44. The Hall–Kier alpha value is -1.83. The molecule has 2 heteroatoms. The van der Waals surface area contributed by atoms with Gasteiger partial charge in [-0.3, -0.25) is 4.79 Å². The van der Waals surface area contributed by atoms with Gasteiger partial charge in [-0.15, -0.1) is 0 Å². The molecule has 1 N–H and O–H groups in total. The van der Waals surface area contributed by atoms with Crippen LogP contribution in [-0.2, 0) is 6.42 Å². The number of carbonyl (C=O) groups excluding carboxylic acids is 1. The topological polar surface area (TPSA) is 32.9 Å². The van der Waals surface area contributed by atoms with Gasteiger partial charge in [-0.25, -0.2) is 0 Å². The van der Waals surface area contributed by atoms with Crippen LogP contribution in [0.1, 0.15) is 54.6 Å². The molecular weight excluding hydrogens is 258 g/mol. The van der Waals surface area contributed by atoms with E-state index in [9.17, 15) is 4.79 Å². The van der Waals surface area contributed by atoms with Crippen molar-refractivity contribution in [1.29, 1.82) is 0 Å². The number of nitrogens with one attached hydrogen (secondary N) is 1. The van der Waals surface area contributed by atoms with Crippen LogP contribution in [0, 0.1) is 5.92 Å². The molecular formula is C19H21NO. The third-order valence-electron chi connectivity index (χ3n) is 5.06. The fourth-order valence-electron chi connectivity index (χ4n) is 3.93. The first kappa shape index (κ1) is 12.9. The van der Waals surface area contributed by atoms with Gasteiger partial charge in [0, 0.05) is 10.9 Å². The van der Waals surface area contributed by atoms with Crippen LogP contribution in [0.5, 0.6) is 0 Å². The lowest BCUT2D eigenvalue weighted by Gasteiger charge is -2.21. The van der Waals surface area contributed by atoms with Gasteiger partial charge < -0.3 is 4.98 Å². The number of aromatic nitrogens is 1. The summed E-state index contributed by atoms with van der Waals surface area (Å²) in [6.07, 6.45) is 10.7. The number of ketones is 1. The van der Waals surface area contributed by atoms with E-state index in [0.717, 1.165) is 29.6 Å². The molecule has 1 saturated carbocycles. The number of fused-ring (bicyclic) bond motifs is 3. The van der Waals surface area contributed by atoms with Gasteiger partial charge in [0.2, 0.25) is 5.78 Å². The molecule has 0 spiro atoms. The van der Waals surface area contributed by atoms with E-state index in [-0.39, 0.29) is 5.78 Å². The molecule has 0 atom stereocenters. The van der Waals surface area contributed by atoms with Gasteiger partial charge in [0.25, 0.3) is 0 Å². The number of para-hydroxylation sites is 1. The van der Waals surface area contributed by atoms with Crippen molar-refractivity contribution in [3.63, 3.8) is 0 Å². The first-order valence-corrected chi connectivity index (χ1v) is 8.18. The number of hydrogen-bond acceptors (Lipinski definition) is 1. The molecule has 1 heterocycles. The second kappa shape index (κ2) is 5.18. The summed E-state index contributed by atoms with van der Waals surface area (Å²) < 4.78 is 0. The third kappa shape index (κ3) is 2.23. The number of H-pyrrole nitrogens is 1. The van der Waals surface area contributed by atoms with Gasteiger partial charge in [0.05, 0.1) is 5.69 Å². The molecule has 1 aromatic carbocycles. The van der Waals surface area contributed by atoms with Crippen LogP contribution in [0.3, 0.4) is 0 Å². The largest absolute Gasteiger partial charge is 0.352 e. The van der Waals surface area contributed by atoms with Crippen LogP contribution < -0.4 is 0 Å². The first-order chi connectivity index (χ1) is 10.3. The number of carbonyl (C=O) groups is 1. The quantitative estimate of drug-likeness (QED) is 0.747. The smallest absolute Gasteiger partial charge is 0.205 e. The van der Waals surface area contributed by atoms with Crippen LogP contribution in [0.2, 0.25) is 0 Å². The molecule has 108 valence electrons. The maximum Gasteiger partial charge on any atom is 0.205 e. The van der Waals surface area contributed by atoms with E-state index < -0.39 is 0 Å². The summed E-state index contributed by atoms with van der Waals surface area (Å²) in [6.45, 7) is 0. The Morgan fingerprint density at radius 3 is 2.71 bits per heavy atom. The Balaban J connectivity index is 1.69. The molecule has 2 aliphatic carbocycles. The van der Waals surface area contributed by atoms with Crippen LogP contribution in [-0.4, -0.2) is 10.8 Å². The highest BCUT2D eigenvalue weighted by atomic mass is 16.1. The fourth-order valence-corrected chi connectivity index (χ4v) is 3.93. The molecule has 1 fully saturated rings. The molecule has 2 nitrogen and oxygen atoms in total. The minimum absolute atomic E-state index is 0.234. The maximum absolute atomic E-state index is 12.8.